The van der Waals surface area contributed by atoms with Gasteiger partial charge in [-0.25, -0.2) is 10.8 Å². The van der Waals surface area contributed by atoms with Gasteiger partial charge in [0.25, 0.3) is 5.95 Å². The molecule has 9 nitrogen and oxygen atoms in total. The van der Waals surface area contributed by atoms with E-state index in [0.29, 0.717) is 23.8 Å². The van der Waals surface area contributed by atoms with Gasteiger partial charge in [0.15, 0.2) is 0 Å². The highest BCUT2D eigenvalue weighted by molar-refractivity contribution is 5.39. The maximum atomic E-state index is 5.46. The second-order valence-corrected chi connectivity index (χ2v) is 5.11. The molecular weight excluding hydrogens is 270 g/mol. The monoisotopic (exact) mass is 289 g/mol. The topological polar surface area (TPSA) is 111 Å². The van der Waals surface area contributed by atoms with Crippen LogP contribution in [0.1, 0.15) is 26.2 Å². The molecule has 3 rings (SSSR count). The molecule has 3 N–H and O–H groups in total. The zero-order valence-electron chi connectivity index (χ0n) is 12.0. The number of aromatic nitrogens is 6. The lowest BCUT2D eigenvalue weighted by Crippen LogP contribution is -2.36. The van der Waals surface area contributed by atoms with Gasteiger partial charge in [0.1, 0.15) is 12.7 Å². The molecule has 0 aliphatic carbocycles. The van der Waals surface area contributed by atoms with Crippen LogP contribution in [0, 0.1) is 5.92 Å². The van der Waals surface area contributed by atoms with Gasteiger partial charge in [0.2, 0.25) is 11.9 Å². The van der Waals surface area contributed by atoms with E-state index in [1.54, 1.807) is 6.33 Å². The third-order valence-electron chi connectivity index (χ3n) is 3.74. The van der Waals surface area contributed by atoms with Gasteiger partial charge in [-0.3, -0.25) is 5.43 Å². The predicted octanol–water partition coefficient (Wildman–Crippen LogP) is 0.364. The van der Waals surface area contributed by atoms with E-state index in [4.69, 9.17) is 5.84 Å². The van der Waals surface area contributed by atoms with E-state index in [2.05, 4.69) is 42.3 Å². The lowest BCUT2D eigenvalue weighted by atomic mass is 9.96. The third kappa shape index (κ3) is 2.92. The molecule has 2 aromatic rings. The zero-order valence-corrected chi connectivity index (χ0v) is 12.0. The van der Waals surface area contributed by atoms with Crippen molar-refractivity contribution in [2.45, 2.75) is 26.2 Å². The van der Waals surface area contributed by atoms with Crippen molar-refractivity contribution in [2.75, 3.05) is 23.4 Å². The zero-order chi connectivity index (χ0) is 14.7. The fourth-order valence-corrected chi connectivity index (χ4v) is 2.55. The molecule has 0 radical (unpaired) electrons. The van der Waals surface area contributed by atoms with Gasteiger partial charge < -0.3 is 4.90 Å². The van der Waals surface area contributed by atoms with Crippen molar-refractivity contribution in [1.29, 1.82) is 0 Å². The standard InChI is InChI=1S/C12H19N9/c1-2-9-4-3-5-20(6-9)11-16-10(19-13)17-12(18-11)21-8-14-7-15-21/h7-9H,2-6,13H2,1H3,(H,16,17,18,19). The van der Waals surface area contributed by atoms with Crippen LogP contribution in [0.25, 0.3) is 5.95 Å². The first-order valence-corrected chi connectivity index (χ1v) is 7.12. The normalized spacial score (nSPS) is 18.8. The molecule has 0 saturated carbocycles. The summed E-state index contributed by atoms with van der Waals surface area (Å²) in [7, 11) is 0. The molecule has 1 saturated heterocycles. The van der Waals surface area contributed by atoms with Crippen LogP contribution < -0.4 is 16.2 Å². The number of nitrogens with one attached hydrogen (secondary N) is 1. The van der Waals surface area contributed by atoms with Crippen LogP contribution >= 0.6 is 0 Å². The molecule has 0 bridgehead atoms. The fraction of sp³-hybridized carbons (Fsp3) is 0.583. The van der Waals surface area contributed by atoms with Crippen LogP contribution in [0.3, 0.4) is 0 Å². The van der Waals surface area contributed by atoms with E-state index >= 15 is 0 Å². The summed E-state index contributed by atoms with van der Waals surface area (Å²) in [6.07, 6.45) is 6.56. The van der Waals surface area contributed by atoms with E-state index in [1.165, 1.54) is 23.9 Å². The summed E-state index contributed by atoms with van der Waals surface area (Å²) in [5.41, 5.74) is 2.48. The Kier molecular flexibility index (Phi) is 3.91. The molecule has 0 aromatic carbocycles. The molecule has 1 aliphatic rings. The predicted molar refractivity (Wildman–Crippen MR) is 77.8 cm³/mol. The number of nitrogens with two attached hydrogens (primary N) is 1. The Hall–Kier alpha value is -2.29. The first kappa shape index (κ1) is 13.7. The number of hydrazine groups is 1. The summed E-state index contributed by atoms with van der Waals surface area (Å²) in [6, 6.07) is 0. The van der Waals surface area contributed by atoms with E-state index in [-0.39, 0.29) is 0 Å². The van der Waals surface area contributed by atoms with Gasteiger partial charge in [0, 0.05) is 13.1 Å². The summed E-state index contributed by atoms with van der Waals surface area (Å²) < 4.78 is 1.49. The summed E-state index contributed by atoms with van der Waals surface area (Å²) in [5, 5.41) is 4.04. The molecule has 9 heteroatoms. The number of piperidine rings is 1. The highest BCUT2D eigenvalue weighted by Gasteiger charge is 2.22. The van der Waals surface area contributed by atoms with Crippen LogP contribution in [-0.2, 0) is 0 Å². The van der Waals surface area contributed by atoms with Crippen molar-refractivity contribution in [3.63, 3.8) is 0 Å². The van der Waals surface area contributed by atoms with Crippen LogP contribution in [0.4, 0.5) is 11.9 Å². The van der Waals surface area contributed by atoms with Crippen molar-refractivity contribution in [1.82, 2.24) is 29.7 Å². The highest BCUT2D eigenvalue weighted by atomic mass is 15.4. The van der Waals surface area contributed by atoms with Crippen molar-refractivity contribution < 1.29 is 0 Å². The number of nitrogens with zero attached hydrogens (tertiary/aromatic N) is 7. The average molecular weight is 289 g/mol. The summed E-state index contributed by atoms with van der Waals surface area (Å²) in [4.78, 5) is 19.1. The van der Waals surface area contributed by atoms with Gasteiger partial charge >= 0.3 is 0 Å². The Bertz CT molecular complexity index is 582. The summed E-state index contributed by atoms with van der Waals surface area (Å²) >= 11 is 0. The number of hydrogen-bond acceptors (Lipinski definition) is 8. The molecule has 2 aromatic heterocycles. The fourth-order valence-electron chi connectivity index (χ4n) is 2.55. The van der Waals surface area contributed by atoms with Gasteiger partial charge in [-0.1, -0.05) is 13.3 Å². The molecule has 3 heterocycles. The van der Waals surface area contributed by atoms with Crippen LogP contribution in [0.15, 0.2) is 12.7 Å². The Labute approximate surface area is 122 Å². The van der Waals surface area contributed by atoms with Gasteiger partial charge in [-0.15, -0.1) is 0 Å². The smallest absolute Gasteiger partial charge is 0.258 e. The first-order valence-electron chi connectivity index (χ1n) is 7.12. The quantitative estimate of drug-likeness (QED) is 0.613. The van der Waals surface area contributed by atoms with Crippen LogP contribution in [-0.4, -0.2) is 42.8 Å². The lowest BCUT2D eigenvalue weighted by molar-refractivity contribution is 0.400. The Morgan fingerprint density at radius 2 is 2.19 bits per heavy atom. The van der Waals surface area contributed by atoms with Crippen molar-refractivity contribution >= 4 is 11.9 Å². The maximum absolute atomic E-state index is 5.46. The summed E-state index contributed by atoms with van der Waals surface area (Å²) in [5.74, 6) is 7.49. The Morgan fingerprint density at radius 3 is 2.90 bits per heavy atom. The van der Waals surface area contributed by atoms with Crippen molar-refractivity contribution in [2.24, 2.45) is 11.8 Å². The molecule has 1 unspecified atom stereocenters. The minimum atomic E-state index is 0.323. The van der Waals surface area contributed by atoms with E-state index in [0.717, 1.165) is 19.5 Å². The third-order valence-corrected chi connectivity index (χ3v) is 3.74. The first-order chi connectivity index (χ1) is 10.3. The second kappa shape index (κ2) is 6.00. The Morgan fingerprint density at radius 1 is 1.33 bits per heavy atom. The molecule has 1 aliphatic heterocycles. The minimum Gasteiger partial charge on any atom is -0.340 e. The molecular formula is C12H19N9. The van der Waals surface area contributed by atoms with E-state index in [9.17, 15) is 0 Å². The van der Waals surface area contributed by atoms with Crippen LogP contribution in [0.5, 0.6) is 0 Å². The minimum absolute atomic E-state index is 0.323. The second-order valence-electron chi connectivity index (χ2n) is 5.11. The van der Waals surface area contributed by atoms with Crippen molar-refractivity contribution in [3.8, 4) is 5.95 Å². The molecule has 0 spiro atoms. The molecule has 112 valence electrons. The van der Waals surface area contributed by atoms with E-state index < -0.39 is 0 Å². The van der Waals surface area contributed by atoms with Crippen LogP contribution in [0.2, 0.25) is 0 Å². The largest absolute Gasteiger partial charge is 0.340 e. The average Bonchev–Trinajstić information content (AvgIpc) is 3.09. The molecule has 1 atom stereocenters. The maximum Gasteiger partial charge on any atom is 0.258 e. The van der Waals surface area contributed by atoms with Gasteiger partial charge in [0.05, 0.1) is 0 Å². The number of nitrogen functional groups attached to an aromatic ring is 1. The van der Waals surface area contributed by atoms with Gasteiger partial charge in [-0.05, 0) is 18.8 Å². The SMILES string of the molecule is CCC1CCCN(c2nc(NN)nc(-n3cncn3)n2)C1. The number of rotatable bonds is 4. The summed E-state index contributed by atoms with van der Waals surface area (Å²) in [6.45, 7) is 4.12. The van der Waals surface area contributed by atoms with Gasteiger partial charge in [-0.2, -0.15) is 24.7 Å². The van der Waals surface area contributed by atoms with Crippen molar-refractivity contribution in [3.05, 3.63) is 12.7 Å². The number of anilines is 2. The highest BCUT2D eigenvalue weighted by Crippen LogP contribution is 2.23. The lowest BCUT2D eigenvalue weighted by Gasteiger charge is -2.32. The molecule has 21 heavy (non-hydrogen) atoms. The molecule has 0 amide bonds. The molecule has 1 fully saturated rings. The Balaban J connectivity index is 1.92. The number of hydrogen-bond donors (Lipinski definition) is 2. The van der Waals surface area contributed by atoms with E-state index in [1.807, 2.05) is 0 Å².